The van der Waals surface area contributed by atoms with E-state index in [1.807, 2.05) is 47.0 Å². The van der Waals surface area contributed by atoms with Gasteiger partial charge in [0.2, 0.25) is 0 Å². The molecule has 0 unspecified atom stereocenters. The molecule has 0 aliphatic heterocycles. The van der Waals surface area contributed by atoms with Crippen molar-refractivity contribution in [2.24, 2.45) is 0 Å². The summed E-state index contributed by atoms with van der Waals surface area (Å²) in [4.78, 5) is 13.6. The molecule has 0 aliphatic rings. The van der Waals surface area contributed by atoms with Crippen molar-refractivity contribution in [2.45, 2.75) is 0 Å². The summed E-state index contributed by atoms with van der Waals surface area (Å²) in [5.41, 5.74) is 8.93. The highest BCUT2D eigenvalue weighted by Gasteiger charge is 2.14. The number of benzene rings is 2. The van der Waals surface area contributed by atoms with Gasteiger partial charge in [0.25, 0.3) is 0 Å². The molecule has 2 N–H and O–H groups in total. The Kier molecular flexibility index (Phi) is 3.55. The zero-order valence-electron chi connectivity index (χ0n) is 15.4. The molecule has 7 heteroatoms. The average molecular weight is 371 g/mol. The zero-order valence-corrected chi connectivity index (χ0v) is 15.4. The first-order valence-corrected chi connectivity index (χ1v) is 8.73. The van der Waals surface area contributed by atoms with Crippen molar-refractivity contribution in [3.8, 4) is 17.3 Å². The molecule has 3 aromatic heterocycles. The summed E-state index contributed by atoms with van der Waals surface area (Å²) < 4.78 is 12.8. The second-order valence-corrected chi connectivity index (χ2v) is 6.41. The first-order chi connectivity index (χ1) is 13.7. The van der Waals surface area contributed by atoms with Crippen LogP contribution in [0.5, 0.6) is 11.5 Å². The quantitative estimate of drug-likeness (QED) is 0.486. The summed E-state index contributed by atoms with van der Waals surface area (Å²) in [6, 6.07) is 13.7. The van der Waals surface area contributed by atoms with Crippen LogP contribution in [0.3, 0.4) is 0 Å². The van der Waals surface area contributed by atoms with Gasteiger partial charge < -0.3 is 15.2 Å². The van der Waals surface area contributed by atoms with E-state index in [0.717, 1.165) is 32.7 Å². The Morgan fingerprint density at radius 1 is 0.857 bits per heavy atom. The van der Waals surface area contributed by atoms with Crippen LogP contribution in [0, 0.1) is 0 Å². The Morgan fingerprint density at radius 2 is 1.64 bits per heavy atom. The van der Waals surface area contributed by atoms with E-state index in [2.05, 4.69) is 15.0 Å². The number of hydrogen-bond acceptors (Lipinski definition) is 6. The molecular weight excluding hydrogens is 354 g/mol. The molecule has 0 fully saturated rings. The lowest BCUT2D eigenvalue weighted by Gasteiger charge is -2.12. The summed E-state index contributed by atoms with van der Waals surface area (Å²) in [6.45, 7) is 0. The van der Waals surface area contributed by atoms with E-state index in [9.17, 15) is 0 Å². The fourth-order valence-corrected chi connectivity index (χ4v) is 3.51. The molecule has 0 aliphatic carbocycles. The van der Waals surface area contributed by atoms with E-state index in [0.29, 0.717) is 23.1 Å². The van der Waals surface area contributed by atoms with E-state index >= 15 is 0 Å². The summed E-state index contributed by atoms with van der Waals surface area (Å²) in [7, 11) is 3.22. The molecule has 5 rings (SSSR count). The molecule has 7 nitrogen and oxygen atoms in total. The number of ether oxygens (including phenoxy) is 2. The summed E-state index contributed by atoms with van der Waals surface area (Å²) in [5, 5.41) is 2.63. The standard InChI is InChI=1S/C21H17N5O2/c1-27-18-7-13-12-8-20(26-11-24-15-5-3-4-6-17(15)26)25-21(22)14(12)10-23-16(13)9-19(18)28-2/h3-11H,1-2H3,(H2,22,25). The summed E-state index contributed by atoms with van der Waals surface area (Å²) >= 11 is 0. The van der Waals surface area contributed by atoms with E-state index in [1.165, 1.54) is 0 Å². The maximum atomic E-state index is 6.28. The van der Waals surface area contributed by atoms with Crippen LogP contribution in [0.4, 0.5) is 5.82 Å². The third-order valence-electron chi connectivity index (χ3n) is 4.90. The first-order valence-electron chi connectivity index (χ1n) is 8.73. The van der Waals surface area contributed by atoms with Crippen molar-refractivity contribution in [2.75, 3.05) is 20.0 Å². The van der Waals surface area contributed by atoms with Crippen molar-refractivity contribution >= 4 is 38.5 Å². The van der Waals surface area contributed by atoms with Gasteiger partial charge in [-0.15, -0.1) is 0 Å². The third kappa shape index (κ3) is 2.33. The number of fused-ring (bicyclic) bond motifs is 4. The molecule has 0 atom stereocenters. The second-order valence-electron chi connectivity index (χ2n) is 6.41. The molecule has 3 heterocycles. The SMILES string of the molecule is COc1cc2ncc3c(N)nc(-n4cnc5ccccc54)cc3c2cc1OC. The first kappa shape index (κ1) is 16.3. The van der Waals surface area contributed by atoms with Gasteiger partial charge in [0.15, 0.2) is 11.5 Å². The number of imidazole rings is 1. The van der Waals surface area contributed by atoms with Gasteiger partial charge >= 0.3 is 0 Å². The molecular formula is C21H17N5O2. The smallest absolute Gasteiger partial charge is 0.162 e. The maximum absolute atomic E-state index is 6.28. The van der Waals surface area contributed by atoms with Crippen LogP contribution < -0.4 is 15.2 Å². The molecule has 28 heavy (non-hydrogen) atoms. The van der Waals surface area contributed by atoms with Crippen LogP contribution in [-0.4, -0.2) is 33.7 Å². The molecule has 0 radical (unpaired) electrons. The van der Waals surface area contributed by atoms with Gasteiger partial charge in [-0.3, -0.25) is 9.55 Å². The predicted molar refractivity (Wildman–Crippen MR) is 109 cm³/mol. The third-order valence-corrected chi connectivity index (χ3v) is 4.90. The lowest BCUT2D eigenvalue weighted by molar-refractivity contribution is 0.356. The number of pyridine rings is 2. The highest BCUT2D eigenvalue weighted by Crippen LogP contribution is 2.36. The van der Waals surface area contributed by atoms with Gasteiger partial charge in [-0.1, -0.05) is 12.1 Å². The van der Waals surface area contributed by atoms with Crippen molar-refractivity contribution in [3.05, 3.63) is 55.0 Å². The summed E-state index contributed by atoms with van der Waals surface area (Å²) in [5.74, 6) is 2.37. The number of anilines is 1. The minimum absolute atomic E-state index is 0.412. The van der Waals surface area contributed by atoms with E-state index in [1.54, 1.807) is 26.7 Å². The van der Waals surface area contributed by atoms with E-state index in [4.69, 9.17) is 15.2 Å². The molecule has 2 aromatic carbocycles. The van der Waals surface area contributed by atoms with Crippen LogP contribution >= 0.6 is 0 Å². The van der Waals surface area contributed by atoms with Crippen molar-refractivity contribution < 1.29 is 9.47 Å². The zero-order chi connectivity index (χ0) is 19.3. The number of nitrogens with two attached hydrogens (primary N) is 1. The topological polar surface area (TPSA) is 88.1 Å². The van der Waals surface area contributed by atoms with Crippen LogP contribution in [0.25, 0.3) is 38.5 Å². The highest BCUT2D eigenvalue weighted by molar-refractivity contribution is 6.10. The number of hydrogen-bond donors (Lipinski definition) is 1. The molecule has 0 bridgehead atoms. The fraction of sp³-hybridized carbons (Fsp3) is 0.0952. The Balaban J connectivity index is 1.84. The number of nitrogens with zero attached hydrogens (tertiary/aromatic N) is 4. The number of para-hydroxylation sites is 2. The highest BCUT2D eigenvalue weighted by atomic mass is 16.5. The molecule has 5 aromatic rings. The minimum Gasteiger partial charge on any atom is -0.493 e. The number of methoxy groups -OCH3 is 2. The number of aromatic nitrogens is 4. The molecule has 0 spiro atoms. The Bertz CT molecular complexity index is 1360. The van der Waals surface area contributed by atoms with Crippen LogP contribution in [-0.2, 0) is 0 Å². The maximum Gasteiger partial charge on any atom is 0.162 e. The molecule has 0 amide bonds. The van der Waals surface area contributed by atoms with Crippen molar-refractivity contribution in [3.63, 3.8) is 0 Å². The van der Waals surface area contributed by atoms with Gasteiger partial charge in [0, 0.05) is 28.4 Å². The Hall–Kier alpha value is -3.87. The Morgan fingerprint density at radius 3 is 2.46 bits per heavy atom. The average Bonchev–Trinajstić information content (AvgIpc) is 3.16. The van der Waals surface area contributed by atoms with Gasteiger partial charge in [-0.2, -0.15) is 0 Å². The van der Waals surface area contributed by atoms with Gasteiger partial charge in [-0.25, -0.2) is 9.97 Å². The molecule has 0 saturated carbocycles. The minimum atomic E-state index is 0.412. The van der Waals surface area contributed by atoms with Gasteiger partial charge in [0.05, 0.1) is 30.8 Å². The normalized spacial score (nSPS) is 11.4. The predicted octanol–water partition coefficient (Wildman–Crippen LogP) is 3.72. The fourth-order valence-electron chi connectivity index (χ4n) is 3.51. The monoisotopic (exact) mass is 371 g/mol. The van der Waals surface area contributed by atoms with Crippen LogP contribution in [0.2, 0.25) is 0 Å². The van der Waals surface area contributed by atoms with Crippen molar-refractivity contribution in [1.29, 1.82) is 0 Å². The number of nitrogen functional groups attached to an aromatic ring is 1. The second kappa shape index (κ2) is 6.09. The van der Waals surface area contributed by atoms with E-state index < -0.39 is 0 Å². The van der Waals surface area contributed by atoms with Crippen LogP contribution in [0.15, 0.2) is 55.0 Å². The lowest BCUT2D eigenvalue weighted by atomic mass is 10.1. The molecule has 138 valence electrons. The molecule has 0 saturated heterocycles. The van der Waals surface area contributed by atoms with E-state index in [-0.39, 0.29) is 0 Å². The van der Waals surface area contributed by atoms with Crippen molar-refractivity contribution in [1.82, 2.24) is 19.5 Å². The largest absolute Gasteiger partial charge is 0.493 e. The lowest BCUT2D eigenvalue weighted by Crippen LogP contribution is -2.01. The van der Waals surface area contributed by atoms with Crippen LogP contribution in [0.1, 0.15) is 0 Å². The van der Waals surface area contributed by atoms with Gasteiger partial charge in [-0.05, 0) is 24.3 Å². The van der Waals surface area contributed by atoms with Gasteiger partial charge in [0.1, 0.15) is 18.0 Å². The Labute approximate surface area is 160 Å². The number of rotatable bonds is 3. The summed E-state index contributed by atoms with van der Waals surface area (Å²) in [6.07, 6.45) is 3.49.